The Morgan fingerprint density at radius 3 is 2.28 bits per heavy atom. The summed E-state index contributed by atoms with van der Waals surface area (Å²) in [4.78, 5) is 50.7. The van der Waals surface area contributed by atoms with Crippen molar-refractivity contribution in [2.24, 2.45) is 5.92 Å². The van der Waals surface area contributed by atoms with Crippen molar-refractivity contribution in [1.82, 2.24) is 34.2 Å². The molecule has 2 fully saturated rings. The summed E-state index contributed by atoms with van der Waals surface area (Å²) in [5.74, 6) is 0.293. The van der Waals surface area contributed by atoms with Crippen LogP contribution in [0.4, 0.5) is 13.2 Å². The fourth-order valence-electron chi connectivity index (χ4n) is 6.57. The van der Waals surface area contributed by atoms with E-state index in [4.69, 9.17) is 4.98 Å². The molecule has 3 aliphatic rings. The number of likely N-dealkylation sites (N-methyl/N-ethyl adjacent to an activating group) is 1. The zero-order chi connectivity index (χ0) is 33.1. The van der Waals surface area contributed by atoms with E-state index in [-0.39, 0.29) is 24.3 Å². The van der Waals surface area contributed by atoms with Gasteiger partial charge in [0.1, 0.15) is 0 Å². The zero-order valence-corrected chi connectivity index (χ0v) is 26.6. The van der Waals surface area contributed by atoms with E-state index in [2.05, 4.69) is 17.0 Å². The smallest absolute Gasteiger partial charge is 0.340 e. The fourth-order valence-corrected chi connectivity index (χ4v) is 6.57. The molecule has 1 aromatic carbocycles. The zero-order valence-electron chi connectivity index (χ0n) is 26.6. The van der Waals surface area contributed by atoms with E-state index in [9.17, 15) is 27.6 Å². The predicted molar refractivity (Wildman–Crippen MR) is 169 cm³/mol. The largest absolute Gasteiger partial charge is 0.389 e. The first kappa shape index (κ1) is 32.7. The van der Waals surface area contributed by atoms with Crippen molar-refractivity contribution >= 4 is 28.9 Å². The highest BCUT2D eigenvalue weighted by Gasteiger charge is 2.32. The maximum absolute atomic E-state index is 13.2. The molecule has 2 saturated heterocycles. The van der Waals surface area contributed by atoms with Crippen LogP contribution in [0.25, 0.3) is 11.2 Å². The third kappa shape index (κ3) is 7.83. The average molecular weight is 652 g/mol. The average Bonchev–Trinajstić information content (AvgIpc) is 3.50. The van der Waals surface area contributed by atoms with Crippen molar-refractivity contribution in [2.45, 2.75) is 44.7 Å². The van der Waals surface area contributed by atoms with Crippen molar-refractivity contribution in [3.63, 3.8) is 0 Å². The van der Waals surface area contributed by atoms with Gasteiger partial charge < -0.3 is 19.6 Å². The van der Waals surface area contributed by atoms with E-state index in [0.717, 1.165) is 42.9 Å². The van der Waals surface area contributed by atoms with E-state index in [1.54, 1.807) is 4.52 Å². The van der Waals surface area contributed by atoms with Crippen LogP contribution in [0.5, 0.6) is 0 Å². The van der Waals surface area contributed by atoms with Gasteiger partial charge in [-0.1, -0.05) is 18.2 Å². The fraction of sp³-hybridized carbons (Fsp3) is 0.500. The Labute approximate surface area is 271 Å². The molecular weight excluding hydrogens is 611 g/mol. The van der Waals surface area contributed by atoms with Crippen LogP contribution in [0.3, 0.4) is 0 Å². The number of aromatic nitrogens is 3. The number of likely N-dealkylation sites (tertiary alicyclic amines) is 1. The highest BCUT2D eigenvalue weighted by molar-refractivity contribution is 5.94. The molecule has 3 aromatic rings. The highest BCUT2D eigenvalue weighted by atomic mass is 19.4. The van der Waals surface area contributed by atoms with Crippen LogP contribution in [-0.2, 0) is 16.0 Å². The molecule has 47 heavy (non-hydrogen) atoms. The van der Waals surface area contributed by atoms with Crippen LogP contribution in [0, 0.1) is 5.92 Å². The Kier molecular flexibility index (Phi) is 9.62. The third-order valence-electron chi connectivity index (χ3n) is 9.45. The lowest BCUT2D eigenvalue weighted by Crippen LogP contribution is -2.51. The minimum atomic E-state index is -4.35. The van der Waals surface area contributed by atoms with Gasteiger partial charge in [-0.05, 0) is 61.7 Å². The molecule has 0 unspecified atom stereocenters. The van der Waals surface area contributed by atoms with Gasteiger partial charge in [-0.3, -0.25) is 14.4 Å². The van der Waals surface area contributed by atoms with E-state index in [1.807, 2.05) is 58.5 Å². The summed E-state index contributed by atoms with van der Waals surface area (Å²) in [7, 11) is 2.07. The molecule has 5 heterocycles. The number of alkyl halides is 3. The van der Waals surface area contributed by atoms with Gasteiger partial charge in [0.05, 0.1) is 6.42 Å². The second-order valence-electron chi connectivity index (χ2n) is 12.7. The molecule has 0 atom stereocenters. The minimum Gasteiger partial charge on any atom is -0.340 e. The molecule has 0 N–H and O–H groups in total. The summed E-state index contributed by atoms with van der Waals surface area (Å²) in [5, 5.41) is 4.64. The van der Waals surface area contributed by atoms with Gasteiger partial charge in [-0.2, -0.15) is 18.3 Å². The van der Waals surface area contributed by atoms with Crippen molar-refractivity contribution in [2.75, 3.05) is 59.4 Å². The van der Waals surface area contributed by atoms with Crippen LogP contribution in [-0.4, -0.2) is 118 Å². The second kappa shape index (κ2) is 13.8. The molecular formula is C34H40F3N7O3. The number of halogens is 3. The first-order valence-corrected chi connectivity index (χ1v) is 16.3. The number of nitrogens with zero attached hydrogens (tertiary/aromatic N) is 7. The Balaban J connectivity index is 1.04. The molecule has 250 valence electrons. The highest BCUT2D eigenvalue weighted by Crippen LogP contribution is 2.28. The maximum Gasteiger partial charge on any atom is 0.389 e. The van der Waals surface area contributed by atoms with E-state index in [0.29, 0.717) is 62.4 Å². The Bertz CT molecular complexity index is 1640. The quantitative estimate of drug-likeness (QED) is 0.385. The lowest BCUT2D eigenvalue weighted by molar-refractivity contribution is -0.148. The number of hydrogen-bond acceptors (Lipinski definition) is 6. The molecule has 0 spiro atoms. The molecule has 3 amide bonds. The number of carbonyl (C=O) groups excluding carboxylic acids is 3. The third-order valence-corrected chi connectivity index (χ3v) is 9.45. The monoisotopic (exact) mass is 651 g/mol. The standard InChI is InChI=1S/C34H40F3N7O3/c1-40-19-21-43(22-20-40)33(47)27-11-17-42(18-12-27)32(46)26-6-4-24(5-7-26)23-29-38-31-28(3-2-14-44(31)39-29)25-9-15-41(16-10-25)30(45)8-13-34(35,36)37/h2-7,9,14,27H,8,10-13,15-23H2,1H3. The van der Waals surface area contributed by atoms with E-state index >= 15 is 0 Å². The second-order valence-corrected chi connectivity index (χ2v) is 12.7. The van der Waals surface area contributed by atoms with Crippen LogP contribution in [0.2, 0.25) is 0 Å². The van der Waals surface area contributed by atoms with Crippen LogP contribution in [0.1, 0.15) is 59.4 Å². The molecule has 13 heteroatoms. The van der Waals surface area contributed by atoms with Gasteiger partial charge >= 0.3 is 6.18 Å². The number of piperidine rings is 1. The van der Waals surface area contributed by atoms with E-state index < -0.39 is 24.9 Å². The van der Waals surface area contributed by atoms with Gasteiger partial charge in [0.25, 0.3) is 5.91 Å². The van der Waals surface area contributed by atoms with Crippen molar-refractivity contribution in [3.05, 3.63) is 71.2 Å². The van der Waals surface area contributed by atoms with Crippen LogP contribution >= 0.6 is 0 Å². The van der Waals surface area contributed by atoms with Crippen LogP contribution in [0.15, 0.2) is 48.7 Å². The van der Waals surface area contributed by atoms with Gasteiger partial charge in [-0.25, -0.2) is 9.50 Å². The van der Waals surface area contributed by atoms with Gasteiger partial charge in [0.2, 0.25) is 11.8 Å². The molecule has 6 rings (SSSR count). The maximum atomic E-state index is 13.2. The summed E-state index contributed by atoms with van der Waals surface area (Å²) >= 11 is 0. The Hall–Kier alpha value is -4.26. The summed E-state index contributed by atoms with van der Waals surface area (Å²) in [6.07, 6.45) is 0.0473. The summed E-state index contributed by atoms with van der Waals surface area (Å²) in [6.45, 7) is 5.08. The Morgan fingerprint density at radius 2 is 1.62 bits per heavy atom. The number of pyridine rings is 1. The Morgan fingerprint density at radius 1 is 0.894 bits per heavy atom. The number of piperazine rings is 1. The molecule has 3 aliphatic heterocycles. The number of carbonyl (C=O) groups is 3. The van der Waals surface area contributed by atoms with Crippen LogP contribution < -0.4 is 0 Å². The van der Waals surface area contributed by atoms with Gasteiger partial charge in [0, 0.05) is 88.4 Å². The lowest BCUT2D eigenvalue weighted by atomic mass is 9.94. The topological polar surface area (TPSA) is 94.4 Å². The van der Waals surface area contributed by atoms with Gasteiger partial charge in [-0.15, -0.1) is 0 Å². The van der Waals surface area contributed by atoms with Gasteiger partial charge in [0.15, 0.2) is 11.5 Å². The molecule has 10 nitrogen and oxygen atoms in total. The van der Waals surface area contributed by atoms with Crippen molar-refractivity contribution < 1.29 is 27.6 Å². The lowest BCUT2D eigenvalue weighted by Gasteiger charge is -2.37. The van der Waals surface area contributed by atoms with E-state index in [1.165, 1.54) is 4.90 Å². The predicted octanol–water partition coefficient (Wildman–Crippen LogP) is 3.90. The number of amides is 3. The summed E-state index contributed by atoms with van der Waals surface area (Å²) in [6, 6.07) is 11.3. The molecule has 0 radical (unpaired) electrons. The molecule has 0 aliphatic carbocycles. The number of fused-ring (bicyclic) bond motifs is 1. The number of benzene rings is 1. The summed E-state index contributed by atoms with van der Waals surface area (Å²) in [5.41, 5.74) is 4.10. The number of hydrogen-bond donors (Lipinski definition) is 0. The summed E-state index contributed by atoms with van der Waals surface area (Å²) < 4.78 is 39.3. The first-order chi connectivity index (χ1) is 22.5. The van der Waals surface area contributed by atoms with Crippen molar-refractivity contribution in [3.8, 4) is 0 Å². The minimum absolute atomic E-state index is 0.0202. The molecule has 0 saturated carbocycles. The molecule has 0 bridgehead atoms. The number of rotatable bonds is 7. The molecule has 2 aromatic heterocycles. The SMILES string of the molecule is CN1CCN(C(=O)C2CCN(C(=O)c3ccc(Cc4nc5c(C6=CCN(C(=O)CCC(F)(F)F)CC6)cccn5n4)cc3)CC2)CC1. The van der Waals surface area contributed by atoms with Crippen molar-refractivity contribution in [1.29, 1.82) is 0 Å². The normalized spacial score (nSPS) is 18.5. The first-order valence-electron chi connectivity index (χ1n) is 16.3.